The molecule has 1 unspecified atom stereocenters. The predicted octanol–water partition coefficient (Wildman–Crippen LogP) is 1.24. The average Bonchev–Trinajstić information content (AvgIpc) is 3.21. The van der Waals surface area contributed by atoms with Crippen LogP contribution in [0.1, 0.15) is 23.3 Å². The van der Waals surface area contributed by atoms with E-state index in [0.717, 1.165) is 18.5 Å². The third kappa shape index (κ3) is 5.79. The smallest absolute Gasteiger partial charge is 0.260 e. The first kappa shape index (κ1) is 25.1. The van der Waals surface area contributed by atoms with Crippen molar-refractivity contribution < 1.29 is 31.8 Å². The number of benzene rings is 1. The van der Waals surface area contributed by atoms with Crippen molar-refractivity contribution in [3.63, 3.8) is 0 Å². The highest BCUT2D eigenvalue weighted by atomic mass is 32.2. The van der Waals surface area contributed by atoms with Gasteiger partial charge in [-0.3, -0.25) is 14.5 Å². The summed E-state index contributed by atoms with van der Waals surface area (Å²) in [5.41, 5.74) is 1.96. The summed E-state index contributed by atoms with van der Waals surface area (Å²) in [6, 6.07) is 4.98. The molecule has 1 atom stereocenters. The molecule has 0 spiro atoms. The van der Waals surface area contributed by atoms with E-state index in [1.165, 1.54) is 22.8 Å². The second-order valence-corrected chi connectivity index (χ2v) is 11.1. The standard InChI is InChI=1S/C24H30N2O8S/c1-25(18-5-7-35(29,30)15-18)24(28)14-34-23-13-33-19(10-20(23)27)12-26-6-4-16-8-21(31-2)22(32-3)9-17(16)11-26/h8-10,13,18H,4-7,11-12,14-15H2,1-3H3. The van der Waals surface area contributed by atoms with E-state index < -0.39 is 15.7 Å². The maximum atomic E-state index is 12.5. The monoisotopic (exact) mass is 506 g/mol. The number of carbonyl (C=O) groups excluding carboxylic acids is 1. The van der Waals surface area contributed by atoms with Crippen molar-refractivity contribution in [3.05, 3.63) is 51.6 Å². The lowest BCUT2D eigenvalue weighted by molar-refractivity contribution is -0.133. The van der Waals surface area contributed by atoms with E-state index in [1.54, 1.807) is 21.3 Å². The van der Waals surface area contributed by atoms with Crippen LogP contribution < -0.4 is 19.6 Å². The van der Waals surface area contributed by atoms with Crippen LogP contribution in [0.4, 0.5) is 0 Å². The van der Waals surface area contributed by atoms with Crippen LogP contribution in [0.15, 0.2) is 33.7 Å². The van der Waals surface area contributed by atoms with Crippen LogP contribution in [0.5, 0.6) is 17.2 Å². The van der Waals surface area contributed by atoms with Crippen LogP contribution in [0.25, 0.3) is 0 Å². The van der Waals surface area contributed by atoms with Gasteiger partial charge in [0.25, 0.3) is 5.91 Å². The molecule has 1 amide bonds. The van der Waals surface area contributed by atoms with Gasteiger partial charge in [0.2, 0.25) is 11.2 Å². The minimum absolute atomic E-state index is 0.0482. The van der Waals surface area contributed by atoms with Crippen molar-refractivity contribution >= 4 is 15.7 Å². The highest BCUT2D eigenvalue weighted by molar-refractivity contribution is 7.91. The Morgan fingerprint density at radius 2 is 1.86 bits per heavy atom. The molecule has 0 saturated carbocycles. The lowest BCUT2D eigenvalue weighted by Crippen LogP contribution is -2.40. The van der Waals surface area contributed by atoms with Gasteiger partial charge < -0.3 is 23.5 Å². The number of methoxy groups -OCH3 is 2. The summed E-state index contributed by atoms with van der Waals surface area (Å²) < 4.78 is 45.1. The number of hydrogen-bond donors (Lipinski definition) is 0. The van der Waals surface area contributed by atoms with Gasteiger partial charge in [-0.25, -0.2) is 8.42 Å². The third-order valence-corrected chi connectivity index (χ3v) is 8.28. The van der Waals surface area contributed by atoms with Crippen LogP contribution in [-0.2, 0) is 34.1 Å². The number of sulfone groups is 1. The normalized spacial score (nSPS) is 19.1. The molecular weight excluding hydrogens is 476 g/mol. The Balaban J connectivity index is 1.34. The highest BCUT2D eigenvalue weighted by Gasteiger charge is 2.32. The summed E-state index contributed by atoms with van der Waals surface area (Å²) in [5, 5.41) is 0. The topological polar surface area (TPSA) is 116 Å². The molecule has 2 aliphatic rings. The van der Waals surface area contributed by atoms with Crippen molar-refractivity contribution in [1.29, 1.82) is 0 Å². The van der Waals surface area contributed by atoms with E-state index >= 15 is 0 Å². The molecule has 1 fully saturated rings. The first-order valence-corrected chi connectivity index (χ1v) is 13.2. The van der Waals surface area contributed by atoms with Crippen molar-refractivity contribution in [2.75, 3.05) is 45.9 Å². The van der Waals surface area contributed by atoms with Crippen LogP contribution in [0, 0.1) is 0 Å². The molecule has 11 heteroatoms. The second-order valence-electron chi connectivity index (χ2n) is 8.86. The van der Waals surface area contributed by atoms with Gasteiger partial charge in [0.05, 0.1) is 32.3 Å². The number of rotatable bonds is 8. The Morgan fingerprint density at radius 3 is 2.49 bits per heavy atom. The molecule has 1 saturated heterocycles. The van der Waals surface area contributed by atoms with E-state index in [-0.39, 0.29) is 35.3 Å². The largest absolute Gasteiger partial charge is 0.493 e. The van der Waals surface area contributed by atoms with Gasteiger partial charge in [-0.15, -0.1) is 0 Å². The Morgan fingerprint density at radius 1 is 1.14 bits per heavy atom. The predicted molar refractivity (Wildman–Crippen MR) is 128 cm³/mol. The number of ether oxygens (including phenoxy) is 3. The number of amides is 1. The number of fused-ring (bicyclic) bond motifs is 1. The highest BCUT2D eigenvalue weighted by Crippen LogP contribution is 2.33. The number of nitrogens with zero attached hydrogens (tertiary/aromatic N) is 2. The molecule has 35 heavy (non-hydrogen) atoms. The number of carbonyl (C=O) groups is 1. The SMILES string of the molecule is COc1cc2c(cc1OC)CN(Cc1cc(=O)c(OCC(=O)N(C)C3CCS(=O)(=O)C3)co1)CC2. The quantitative estimate of drug-likeness (QED) is 0.521. The average molecular weight is 507 g/mol. The number of hydrogen-bond acceptors (Lipinski definition) is 9. The summed E-state index contributed by atoms with van der Waals surface area (Å²) in [4.78, 5) is 28.5. The van der Waals surface area contributed by atoms with Crippen molar-refractivity contribution in [1.82, 2.24) is 9.80 Å². The molecule has 0 N–H and O–H groups in total. The summed E-state index contributed by atoms with van der Waals surface area (Å²) in [6.07, 6.45) is 2.46. The van der Waals surface area contributed by atoms with Gasteiger partial charge in [-0.2, -0.15) is 0 Å². The molecule has 3 heterocycles. The minimum atomic E-state index is -3.10. The zero-order chi connectivity index (χ0) is 25.2. The third-order valence-electron chi connectivity index (χ3n) is 6.53. The molecule has 4 rings (SSSR count). The van der Waals surface area contributed by atoms with Crippen LogP contribution in [0.2, 0.25) is 0 Å². The zero-order valence-electron chi connectivity index (χ0n) is 20.1. The Hall–Kier alpha value is -3.05. The zero-order valence-corrected chi connectivity index (χ0v) is 20.9. The first-order valence-electron chi connectivity index (χ1n) is 11.4. The molecule has 0 radical (unpaired) electrons. The Bertz CT molecular complexity index is 1260. The van der Waals surface area contributed by atoms with Crippen molar-refractivity contribution in [2.45, 2.75) is 32.0 Å². The van der Waals surface area contributed by atoms with Crippen molar-refractivity contribution in [2.24, 2.45) is 0 Å². The van der Waals surface area contributed by atoms with Gasteiger partial charge in [0.15, 0.2) is 27.9 Å². The second kappa shape index (κ2) is 10.3. The molecule has 10 nitrogen and oxygen atoms in total. The molecule has 190 valence electrons. The summed E-state index contributed by atoms with van der Waals surface area (Å²) in [5.74, 6) is 1.45. The molecule has 2 aromatic rings. The fourth-order valence-electron chi connectivity index (χ4n) is 4.45. The molecule has 0 aliphatic carbocycles. The van der Waals surface area contributed by atoms with Crippen LogP contribution in [-0.4, -0.2) is 76.1 Å². The molecule has 2 aliphatic heterocycles. The number of likely N-dealkylation sites (N-methyl/N-ethyl adjacent to an activating group) is 1. The van der Waals surface area contributed by atoms with Crippen molar-refractivity contribution in [3.8, 4) is 17.2 Å². The molecular formula is C24H30N2O8S. The van der Waals surface area contributed by atoms with Gasteiger partial charge in [-0.1, -0.05) is 0 Å². The summed E-state index contributed by atoms with van der Waals surface area (Å²) in [7, 11) is 1.66. The summed E-state index contributed by atoms with van der Waals surface area (Å²) in [6.45, 7) is 1.55. The lowest BCUT2D eigenvalue weighted by Gasteiger charge is -2.29. The fourth-order valence-corrected chi connectivity index (χ4v) is 6.22. The minimum Gasteiger partial charge on any atom is -0.493 e. The van der Waals surface area contributed by atoms with Gasteiger partial charge >= 0.3 is 0 Å². The fraction of sp³-hybridized carbons (Fsp3) is 0.500. The van der Waals surface area contributed by atoms with E-state index in [9.17, 15) is 18.0 Å². The van der Waals surface area contributed by atoms with Gasteiger partial charge in [0, 0.05) is 32.2 Å². The van der Waals surface area contributed by atoms with E-state index in [1.807, 2.05) is 12.1 Å². The van der Waals surface area contributed by atoms with Crippen LogP contribution >= 0.6 is 0 Å². The molecule has 1 aromatic heterocycles. The molecule has 1 aromatic carbocycles. The Kier molecular flexibility index (Phi) is 7.36. The first-order chi connectivity index (χ1) is 16.7. The van der Waals surface area contributed by atoms with Gasteiger partial charge in [-0.05, 0) is 36.1 Å². The van der Waals surface area contributed by atoms with E-state index in [2.05, 4.69) is 4.90 Å². The Labute approximate surface area is 204 Å². The maximum absolute atomic E-state index is 12.5. The van der Waals surface area contributed by atoms with E-state index in [4.69, 9.17) is 18.6 Å². The van der Waals surface area contributed by atoms with Gasteiger partial charge in [0.1, 0.15) is 12.0 Å². The maximum Gasteiger partial charge on any atom is 0.260 e. The summed E-state index contributed by atoms with van der Waals surface area (Å²) >= 11 is 0. The molecule has 0 bridgehead atoms. The van der Waals surface area contributed by atoms with Crippen LogP contribution in [0.3, 0.4) is 0 Å². The lowest BCUT2D eigenvalue weighted by atomic mass is 9.98. The van der Waals surface area contributed by atoms with E-state index in [0.29, 0.717) is 36.8 Å².